The summed E-state index contributed by atoms with van der Waals surface area (Å²) in [6, 6.07) is 36.9. The Morgan fingerprint density at radius 3 is 1.30 bits per heavy atom. The number of aromatic nitrogens is 1. The van der Waals surface area contributed by atoms with Crippen molar-refractivity contribution in [2.75, 3.05) is 0 Å². The van der Waals surface area contributed by atoms with E-state index in [1.54, 1.807) is 0 Å². The van der Waals surface area contributed by atoms with Gasteiger partial charge in [-0.15, -0.1) is 34.0 Å². The number of benzene rings is 4. The molecule has 0 saturated heterocycles. The number of thiophene rings is 3. The maximum atomic E-state index is 5.57. The SMILES string of the molecule is Cc1cc(C)c(C2=c3ccc([nH]3)=C3C=CC(=N3)C(c3c(C)cc(C)cc3C)=c3ccc(s3)=c3ccc(s3)=C(c3c(C)cc(C)cc3C)C3=CCC(=C4C=CC(=N4)C(c4c(C)cc(C)cc4C)=c4ccc(s4)=C4C=CC2=[S+]4)N3)c(C)c1. The first-order valence-electron chi connectivity index (χ1n) is 27.6. The predicted octanol–water partition coefficient (Wildman–Crippen LogP) is 12.5. The Hall–Kier alpha value is -7.59. The molecule has 4 aromatic carbocycles. The standard InChI is InChI=1S/C72H63N4S4/c1-37-29-41(5)65(42(6)30-37)69-53-17-13-49(73-53)50-14-18-54(74-50)70(66-43(7)31-38(2)32-44(66)8)63-27-23-59(79-63)60-24-28-64(80-60)72(68-47(11)35-40(4)36-48(68)12)56-20-16-52(76-56)51-15-19-55(75-51)71(67-45(9)33-39(3)34-46(67)10)62-26-22-58(78-62)57-21-25-61(69)77-57/h13-15,17-36,73,76H,16H2,1-12H3/q+1. The average molecular weight is 1110 g/mol. The molecule has 4 aromatic heterocycles. The topological polar surface area (TPSA) is 52.5 Å². The van der Waals surface area contributed by atoms with Crippen molar-refractivity contribution < 1.29 is 0 Å². The van der Waals surface area contributed by atoms with Crippen LogP contribution in [0.5, 0.6) is 0 Å². The number of fused-ring (bicyclic) bond motifs is 13. The molecule has 2 N–H and O–H groups in total. The number of nitrogens with zero attached hydrogens (tertiary/aromatic N) is 2. The molecule has 13 rings (SSSR count). The molecule has 0 aliphatic carbocycles. The van der Waals surface area contributed by atoms with Crippen LogP contribution in [0.25, 0.3) is 32.9 Å². The van der Waals surface area contributed by atoms with E-state index in [9.17, 15) is 0 Å². The highest BCUT2D eigenvalue weighted by molar-refractivity contribution is 7.90. The summed E-state index contributed by atoms with van der Waals surface area (Å²) in [6.45, 7) is 26.8. The van der Waals surface area contributed by atoms with Gasteiger partial charge in [-0.25, -0.2) is 9.98 Å². The second-order valence-electron chi connectivity index (χ2n) is 22.4. The molecule has 0 atom stereocenters. The minimum Gasteiger partial charge on any atom is -0.357 e. The van der Waals surface area contributed by atoms with Crippen LogP contribution in [-0.2, 0) is 11.4 Å². The molecule has 4 nitrogen and oxygen atoms in total. The number of aromatic amines is 1. The molecule has 0 spiro atoms. The Kier molecular flexibility index (Phi) is 13.1. The highest BCUT2D eigenvalue weighted by Crippen LogP contribution is 2.36. The lowest BCUT2D eigenvalue weighted by Crippen LogP contribution is -2.20. The van der Waals surface area contributed by atoms with E-state index in [1.807, 2.05) is 45.4 Å². The number of aliphatic imine (C=N–C) groups is 2. The Balaban J connectivity index is 1.12. The number of H-pyrrole nitrogens is 1. The second-order valence-corrected chi connectivity index (χ2v) is 26.7. The van der Waals surface area contributed by atoms with Crippen molar-refractivity contribution in [3.8, 4) is 0 Å². The fourth-order valence-electron chi connectivity index (χ4n) is 13.1. The van der Waals surface area contributed by atoms with Crippen LogP contribution in [0, 0.1) is 92.1 Å². The molecule has 0 amide bonds. The summed E-state index contributed by atoms with van der Waals surface area (Å²) < 4.78 is 7.35. The molecule has 80 heavy (non-hydrogen) atoms. The van der Waals surface area contributed by atoms with E-state index in [1.165, 1.54) is 148 Å². The minimum atomic E-state index is 0.756. The van der Waals surface area contributed by atoms with Gasteiger partial charge in [-0.05, 0) is 223 Å². The van der Waals surface area contributed by atoms with Crippen LogP contribution < -0.4 is 34.1 Å². The maximum absolute atomic E-state index is 5.57. The maximum Gasteiger partial charge on any atom is 0.248 e. The lowest BCUT2D eigenvalue weighted by molar-refractivity contribution is 1.00. The molecule has 0 fully saturated rings. The zero-order valence-electron chi connectivity index (χ0n) is 47.5. The third-order valence-corrected chi connectivity index (χ3v) is 20.8. The molecule has 8 heteroatoms. The van der Waals surface area contributed by atoms with Gasteiger partial charge in [-0.2, -0.15) is 0 Å². The summed E-state index contributed by atoms with van der Waals surface area (Å²) in [5.74, 6) is 0. The van der Waals surface area contributed by atoms with Crippen LogP contribution in [0.15, 0.2) is 167 Å². The van der Waals surface area contributed by atoms with Crippen LogP contribution in [0.3, 0.4) is 0 Å². The highest BCUT2D eigenvalue weighted by atomic mass is 32.1. The number of hydrogen-bond donors (Lipinski definition) is 2. The normalized spacial score (nSPS) is 15.8. The third-order valence-electron chi connectivity index (χ3n) is 16.0. The first-order valence-corrected chi connectivity index (χ1v) is 30.8. The second kappa shape index (κ2) is 20.2. The number of rotatable bonds is 4. The van der Waals surface area contributed by atoms with Gasteiger partial charge in [0.05, 0.1) is 43.6 Å². The van der Waals surface area contributed by atoms with Crippen LogP contribution in [0.1, 0.15) is 95.4 Å². The highest BCUT2D eigenvalue weighted by Gasteiger charge is 2.30. The minimum absolute atomic E-state index is 0.756. The van der Waals surface area contributed by atoms with Crippen molar-refractivity contribution in [2.45, 2.75) is 89.5 Å². The molecule has 0 unspecified atom stereocenters. The number of nitrogens with one attached hydrogen (secondary N) is 2. The van der Waals surface area contributed by atoms with E-state index < -0.39 is 0 Å². The van der Waals surface area contributed by atoms with Gasteiger partial charge in [0.25, 0.3) is 0 Å². The first kappa shape index (κ1) is 51.8. The van der Waals surface area contributed by atoms with E-state index in [-0.39, 0.29) is 0 Å². The fourth-order valence-corrected chi connectivity index (χ4v) is 17.5. The lowest BCUT2D eigenvalue weighted by atomic mass is 9.91. The summed E-state index contributed by atoms with van der Waals surface area (Å²) >= 11 is 7.44. The van der Waals surface area contributed by atoms with E-state index >= 15 is 0 Å². The van der Waals surface area contributed by atoms with E-state index in [0.717, 1.165) is 51.3 Å². The molecular formula is C72H63N4S4+. The molecule has 394 valence electrons. The molecule has 0 radical (unpaired) electrons. The number of allylic oxidation sites excluding steroid dienone is 6. The van der Waals surface area contributed by atoms with Gasteiger partial charge in [-0.1, -0.05) is 76.9 Å². The lowest BCUT2D eigenvalue weighted by Gasteiger charge is -2.17. The molecule has 5 aliphatic rings. The number of aryl methyl sites for hydroxylation is 12. The Morgan fingerprint density at radius 2 is 0.787 bits per heavy atom. The Bertz CT molecular complexity index is 4790. The van der Waals surface area contributed by atoms with Gasteiger partial charge in [-0.3, -0.25) is 0 Å². The van der Waals surface area contributed by atoms with Crippen LogP contribution in [0.2, 0.25) is 0 Å². The summed E-state index contributed by atoms with van der Waals surface area (Å²) in [5.41, 5.74) is 31.1. The van der Waals surface area contributed by atoms with Gasteiger partial charge in [0, 0.05) is 69.3 Å². The van der Waals surface area contributed by atoms with Crippen molar-refractivity contribution in [1.82, 2.24) is 10.3 Å². The van der Waals surface area contributed by atoms with E-state index in [4.69, 9.17) is 9.98 Å². The quantitative estimate of drug-likeness (QED) is 0.134. The van der Waals surface area contributed by atoms with Gasteiger partial charge in [0.1, 0.15) is 0 Å². The molecule has 8 aromatic rings. The summed E-state index contributed by atoms with van der Waals surface area (Å²) in [4.78, 5) is 17.5. The van der Waals surface area contributed by atoms with Crippen molar-refractivity contribution in [3.63, 3.8) is 0 Å². The average Bonchev–Trinajstić information content (AvgIpc) is 4.34. The molecule has 0 saturated carbocycles. The zero-order chi connectivity index (χ0) is 55.4. The monoisotopic (exact) mass is 1110 g/mol. The Morgan fingerprint density at radius 1 is 0.388 bits per heavy atom. The summed E-state index contributed by atoms with van der Waals surface area (Å²) in [6.07, 6.45) is 16.7. The Labute approximate surface area is 484 Å². The van der Waals surface area contributed by atoms with Gasteiger partial charge in [0.2, 0.25) is 21.1 Å². The van der Waals surface area contributed by atoms with E-state index in [2.05, 4.69) is 233 Å². The molecule has 16 bridgehead atoms. The van der Waals surface area contributed by atoms with Crippen LogP contribution >= 0.6 is 34.0 Å². The summed E-state index contributed by atoms with van der Waals surface area (Å²) in [5, 5.41) is 6.06. The van der Waals surface area contributed by atoms with E-state index in [0.29, 0.717) is 0 Å². The molecular weight excluding hydrogens is 1050 g/mol. The van der Waals surface area contributed by atoms with Gasteiger partial charge >= 0.3 is 0 Å². The third kappa shape index (κ3) is 9.16. The van der Waals surface area contributed by atoms with Crippen LogP contribution in [-0.4, -0.2) is 21.3 Å². The van der Waals surface area contributed by atoms with Gasteiger partial charge < -0.3 is 10.3 Å². The smallest absolute Gasteiger partial charge is 0.248 e. The van der Waals surface area contributed by atoms with Crippen molar-refractivity contribution >= 4 is 94.5 Å². The fraction of sp³-hybridized carbons (Fsp3) is 0.181. The summed E-state index contributed by atoms with van der Waals surface area (Å²) in [7, 11) is 0. The molecule has 5 aliphatic heterocycles. The van der Waals surface area contributed by atoms with Crippen molar-refractivity contribution in [2.24, 2.45) is 9.98 Å². The predicted molar refractivity (Wildman–Crippen MR) is 346 cm³/mol. The van der Waals surface area contributed by atoms with Crippen LogP contribution in [0.4, 0.5) is 0 Å². The largest absolute Gasteiger partial charge is 0.357 e. The van der Waals surface area contributed by atoms with Crippen molar-refractivity contribution in [1.29, 1.82) is 0 Å². The first-order chi connectivity index (χ1) is 38.5. The van der Waals surface area contributed by atoms with Gasteiger partial charge in [0.15, 0.2) is 0 Å². The number of hydrogen-bond acceptors (Lipinski definition) is 6. The van der Waals surface area contributed by atoms with Crippen molar-refractivity contribution in [3.05, 3.63) is 284 Å². The zero-order valence-corrected chi connectivity index (χ0v) is 50.8. The molecule has 9 heterocycles.